The number of allylic oxidation sites excluding steroid dienone is 1. The van der Waals surface area contributed by atoms with Crippen molar-refractivity contribution in [2.75, 3.05) is 0 Å². The zero-order valence-corrected chi connectivity index (χ0v) is 14.1. The van der Waals surface area contributed by atoms with Crippen molar-refractivity contribution in [1.82, 2.24) is 9.13 Å². The molecule has 1 aromatic carbocycles. The van der Waals surface area contributed by atoms with Crippen LogP contribution in [-0.2, 0) is 14.1 Å². The van der Waals surface area contributed by atoms with Gasteiger partial charge in [-0.3, -0.25) is 18.7 Å². The fraction of sp³-hybridized carbons (Fsp3) is 0.278. The van der Waals surface area contributed by atoms with E-state index < -0.39 is 28.5 Å². The van der Waals surface area contributed by atoms with Crippen LogP contribution in [0.1, 0.15) is 41.3 Å². The van der Waals surface area contributed by atoms with Crippen LogP contribution in [0.15, 0.2) is 39.9 Å². The van der Waals surface area contributed by atoms with Crippen LogP contribution < -0.4 is 11.2 Å². The van der Waals surface area contributed by atoms with Crippen molar-refractivity contribution in [1.29, 1.82) is 0 Å². The van der Waals surface area contributed by atoms with Crippen molar-refractivity contribution in [3.63, 3.8) is 0 Å². The molecule has 0 spiro atoms. The Labute approximate surface area is 139 Å². The Morgan fingerprint density at radius 3 is 2.21 bits per heavy atom. The van der Waals surface area contributed by atoms with Crippen LogP contribution >= 0.6 is 0 Å². The molecule has 0 amide bonds. The monoisotopic (exact) mass is 328 g/mol. The third-order valence-electron chi connectivity index (χ3n) is 3.91. The van der Waals surface area contributed by atoms with Crippen LogP contribution in [-0.4, -0.2) is 20.0 Å². The molecule has 1 heterocycles. The first-order valence-electron chi connectivity index (χ1n) is 7.55. The van der Waals surface area contributed by atoms with Crippen LogP contribution in [0, 0.1) is 0 Å². The summed E-state index contributed by atoms with van der Waals surface area (Å²) in [4.78, 5) is 36.0. The average molecular weight is 328 g/mol. The predicted octanol–water partition coefficient (Wildman–Crippen LogP) is 1.81. The molecule has 0 radical (unpaired) electrons. The van der Waals surface area contributed by atoms with Gasteiger partial charge in [-0.05, 0) is 23.1 Å². The molecule has 1 N–H and O–H groups in total. The summed E-state index contributed by atoms with van der Waals surface area (Å²) in [6.07, 6.45) is 2.78. The number of aromatic hydroxyl groups is 1. The first-order valence-corrected chi connectivity index (χ1v) is 7.55. The Kier molecular flexibility index (Phi) is 4.87. The maximum atomic E-state index is 12.3. The van der Waals surface area contributed by atoms with E-state index in [2.05, 4.69) is 13.8 Å². The minimum atomic E-state index is -0.819. The van der Waals surface area contributed by atoms with Gasteiger partial charge in [-0.1, -0.05) is 44.2 Å². The molecule has 6 heteroatoms. The molecule has 6 nitrogen and oxygen atoms in total. The van der Waals surface area contributed by atoms with Crippen molar-refractivity contribution in [2.45, 2.75) is 19.8 Å². The van der Waals surface area contributed by atoms with Gasteiger partial charge in [0.25, 0.3) is 5.56 Å². The van der Waals surface area contributed by atoms with E-state index in [9.17, 15) is 19.5 Å². The van der Waals surface area contributed by atoms with E-state index in [1.165, 1.54) is 25.7 Å². The van der Waals surface area contributed by atoms with E-state index in [1.807, 2.05) is 24.3 Å². The maximum absolute atomic E-state index is 12.3. The molecule has 0 aliphatic rings. The molecule has 0 aliphatic heterocycles. The first kappa shape index (κ1) is 17.5. The second kappa shape index (κ2) is 6.70. The molecule has 24 heavy (non-hydrogen) atoms. The van der Waals surface area contributed by atoms with E-state index in [0.29, 0.717) is 5.92 Å². The van der Waals surface area contributed by atoms with E-state index >= 15 is 0 Å². The van der Waals surface area contributed by atoms with Crippen LogP contribution in [0.25, 0.3) is 6.08 Å². The number of benzene rings is 1. The number of ketones is 1. The Hall–Kier alpha value is -2.89. The lowest BCUT2D eigenvalue weighted by atomic mass is 10.0. The number of carbonyl (C=O) groups is 1. The number of hydrogen-bond acceptors (Lipinski definition) is 4. The fourth-order valence-electron chi connectivity index (χ4n) is 2.30. The summed E-state index contributed by atoms with van der Waals surface area (Å²) >= 11 is 0. The van der Waals surface area contributed by atoms with Gasteiger partial charge >= 0.3 is 5.69 Å². The Morgan fingerprint density at radius 2 is 1.67 bits per heavy atom. The van der Waals surface area contributed by atoms with Gasteiger partial charge in [0.2, 0.25) is 5.88 Å². The van der Waals surface area contributed by atoms with E-state index in [4.69, 9.17) is 0 Å². The van der Waals surface area contributed by atoms with Crippen LogP contribution in [0.3, 0.4) is 0 Å². The lowest BCUT2D eigenvalue weighted by molar-refractivity contribution is 0.104. The molecular formula is C18H20N2O4. The fourth-order valence-corrected chi connectivity index (χ4v) is 2.30. The highest BCUT2D eigenvalue weighted by Gasteiger charge is 2.19. The number of aromatic nitrogens is 2. The summed E-state index contributed by atoms with van der Waals surface area (Å²) in [7, 11) is 2.55. The number of nitrogens with zero attached hydrogens (tertiary/aromatic N) is 2. The van der Waals surface area contributed by atoms with Crippen molar-refractivity contribution >= 4 is 11.9 Å². The molecule has 0 fully saturated rings. The average Bonchev–Trinajstić information content (AvgIpc) is 2.57. The first-order chi connectivity index (χ1) is 11.2. The smallest absolute Gasteiger partial charge is 0.333 e. The highest BCUT2D eigenvalue weighted by atomic mass is 16.3. The normalized spacial score (nSPS) is 11.4. The molecule has 0 aliphatic carbocycles. The summed E-state index contributed by atoms with van der Waals surface area (Å²) in [5.74, 6) is -0.875. The maximum Gasteiger partial charge on any atom is 0.333 e. The SMILES string of the molecule is CC(C)c1ccc(C=CC(=O)c2c(O)n(C)c(=O)n(C)c2=O)cc1. The molecule has 126 valence electrons. The molecule has 0 saturated heterocycles. The summed E-state index contributed by atoms with van der Waals surface area (Å²) in [6, 6.07) is 7.69. The van der Waals surface area contributed by atoms with Crippen LogP contribution in [0.2, 0.25) is 0 Å². The molecular weight excluding hydrogens is 308 g/mol. The van der Waals surface area contributed by atoms with E-state index in [-0.39, 0.29) is 0 Å². The summed E-state index contributed by atoms with van der Waals surface area (Å²) in [5, 5.41) is 9.94. The Balaban J connectivity index is 2.37. The molecule has 0 atom stereocenters. The molecule has 0 saturated carbocycles. The molecule has 2 rings (SSSR count). The van der Waals surface area contributed by atoms with Gasteiger partial charge < -0.3 is 5.11 Å². The largest absolute Gasteiger partial charge is 0.494 e. The van der Waals surface area contributed by atoms with E-state index in [1.54, 1.807) is 6.08 Å². The summed E-state index contributed by atoms with van der Waals surface area (Å²) < 4.78 is 1.65. The highest BCUT2D eigenvalue weighted by Crippen LogP contribution is 2.16. The Bertz CT molecular complexity index is 916. The lowest BCUT2D eigenvalue weighted by Gasteiger charge is -2.08. The van der Waals surface area contributed by atoms with Crippen LogP contribution in [0.5, 0.6) is 5.88 Å². The predicted molar refractivity (Wildman–Crippen MR) is 92.5 cm³/mol. The van der Waals surface area contributed by atoms with Gasteiger partial charge in [-0.15, -0.1) is 0 Å². The Morgan fingerprint density at radius 1 is 1.08 bits per heavy atom. The minimum Gasteiger partial charge on any atom is -0.494 e. The third-order valence-corrected chi connectivity index (χ3v) is 3.91. The van der Waals surface area contributed by atoms with E-state index in [0.717, 1.165) is 14.7 Å². The van der Waals surface area contributed by atoms with Crippen LogP contribution in [0.4, 0.5) is 0 Å². The van der Waals surface area contributed by atoms with Crippen molar-refractivity contribution in [3.8, 4) is 5.88 Å². The number of rotatable bonds is 4. The lowest BCUT2D eigenvalue weighted by Crippen LogP contribution is -2.39. The van der Waals surface area contributed by atoms with Gasteiger partial charge in [-0.2, -0.15) is 0 Å². The zero-order chi connectivity index (χ0) is 18.0. The van der Waals surface area contributed by atoms with Gasteiger partial charge in [-0.25, -0.2) is 4.79 Å². The third kappa shape index (κ3) is 3.22. The number of hydrogen-bond donors (Lipinski definition) is 1. The minimum absolute atomic E-state index is 0.412. The number of carbonyl (C=O) groups excluding carboxylic acids is 1. The van der Waals surface area contributed by atoms with Crippen molar-refractivity contribution in [3.05, 3.63) is 67.9 Å². The molecule has 0 bridgehead atoms. The van der Waals surface area contributed by atoms with Crippen molar-refractivity contribution in [2.24, 2.45) is 14.1 Å². The van der Waals surface area contributed by atoms with Gasteiger partial charge in [0.1, 0.15) is 5.56 Å². The van der Waals surface area contributed by atoms with Gasteiger partial charge in [0.05, 0.1) is 0 Å². The second-order valence-corrected chi connectivity index (χ2v) is 5.92. The summed E-state index contributed by atoms with van der Waals surface area (Å²) in [6.45, 7) is 4.18. The van der Waals surface area contributed by atoms with Crippen molar-refractivity contribution < 1.29 is 9.90 Å². The quantitative estimate of drug-likeness (QED) is 0.685. The zero-order valence-electron chi connectivity index (χ0n) is 14.1. The molecule has 2 aromatic rings. The topological polar surface area (TPSA) is 81.3 Å². The van der Waals surface area contributed by atoms with Gasteiger partial charge in [0.15, 0.2) is 5.78 Å². The van der Waals surface area contributed by atoms with Gasteiger partial charge in [0, 0.05) is 14.1 Å². The highest BCUT2D eigenvalue weighted by molar-refractivity contribution is 6.08. The second-order valence-electron chi connectivity index (χ2n) is 5.92. The summed E-state index contributed by atoms with van der Waals surface area (Å²) in [5.41, 5.74) is 0.0503. The molecule has 0 unspecified atom stereocenters. The molecule has 1 aromatic heterocycles. The standard InChI is InChI=1S/C18H20N2O4/c1-11(2)13-8-5-12(6-9-13)7-10-14(21)15-16(22)19(3)18(24)20(4)17(15)23/h5-11,22H,1-4H3.